The van der Waals surface area contributed by atoms with Crippen LogP contribution in [0.1, 0.15) is 119 Å². The zero-order valence-corrected chi connectivity index (χ0v) is 31.2. The fourth-order valence-electron chi connectivity index (χ4n) is 6.44. The highest BCUT2D eigenvalue weighted by atomic mass is 16.7. The van der Waals surface area contributed by atoms with Crippen molar-refractivity contribution < 1.29 is 79.7 Å². The van der Waals surface area contributed by atoms with E-state index in [-0.39, 0.29) is 23.5 Å². The molecule has 1 aromatic rings. The number of aromatic carboxylic acids is 1. The Kier molecular flexibility index (Phi) is 22.3. The first-order chi connectivity index (χ1) is 25.7. The van der Waals surface area contributed by atoms with Gasteiger partial charge in [-0.3, -0.25) is 4.79 Å². The van der Waals surface area contributed by atoms with Crippen molar-refractivity contribution in [1.82, 2.24) is 0 Å². The molecule has 1 fully saturated rings. The molecule has 1 aliphatic rings. The number of carbonyl (C=O) groups excluding carboxylic acids is 2. The van der Waals surface area contributed by atoms with Gasteiger partial charge >= 0.3 is 11.9 Å². The predicted octanol–water partition coefficient (Wildman–Crippen LogP) is 1.25. The lowest BCUT2D eigenvalue weighted by atomic mass is 9.98. The number of unbranched alkanes of at least 4 members (excludes halogenated alkanes) is 12. The van der Waals surface area contributed by atoms with Crippen LogP contribution in [0.2, 0.25) is 0 Å². The van der Waals surface area contributed by atoms with E-state index in [2.05, 4.69) is 0 Å². The summed E-state index contributed by atoms with van der Waals surface area (Å²) >= 11 is 0. The van der Waals surface area contributed by atoms with Gasteiger partial charge in [0.05, 0.1) is 19.3 Å². The van der Waals surface area contributed by atoms with E-state index in [0.29, 0.717) is 18.4 Å². The van der Waals surface area contributed by atoms with Gasteiger partial charge in [-0.15, -0.1) is 0 Å². The fourth-order valence-corrected chi connectivity index (χ4v) is 6.44. The minimum absolute atomic E-state index is 0.00322. The Balaban J connectivity index is 1.50. The van der Waals surface area contributed by atoms with Crippen LogP contribution in [0.4, 0.5) is 0 Å². The molecular weight excluding hydrogens is 712 g/mol. The van der Waals surface area contributed by atoms with E-state index in [0.717, 1.165) is 83.5 Å². The molecule has 310 valence electrons. The number of carboxylic acid groups (broad SMARTS) is 1. The second-order valence-corrected chi connectivity index (χ2v) is 14.2. The number of aliphatic hydroxyl groups excluding tert-OH is 8. The monoisotopic (exact) mass is 774 g/mol. The maximum absolute atomic E-state index is 12.4. The number of aromatic hydroxyl groups is 1. The third kappa shape index (κ3) is 15.8. The molecule has 2 rings (SSSR count). The van der Waals surface area contributed by atoms with Gasteiger partial charge in [0.1, 0.15) is 59.8 Å². The molecule has 16 heteroatoms. The number of hydrogen-bond donors (Lipinski definition) is 10. The first-order valence-electron chi connectivity index (χ1n) is 19.1. The summed E-state index contributed by atoms with van der Waals surface area (Å²) in [6, 6.07) is 4.39. The molecule has 4 unspecified atom stereocenters. The molecule has 1 heterocycles. The number of rotatable bonds is 28. The standard InChI is InChI=1S/C38H62O16/c1-23(52-37(51)34(47)32(45)30(43)27(21-39)53-38-35(48)33(46)31(44)28(22-40)54-38)16-13-11-9-7-5-3-2-4-6-8-10-12-14-18-25(41)20-24-17-15-19-26(42)29(24)36(49)50/h15,17,19,23,27-28,30-35,38-40,42-48H,2-14,16,18,20-22H2,1H3,(H,49,50)/t23?,27-,28?,30-,31-,32+,33?,34+,35?,38-/m1/s1. The van der Waals surface area contributed by atoms with Crippen LogP contribution in [-0.4, -0.2) is 143 Å². The number of carbonyl (C=O) groups is 3. The molecule has 54 heavy (non-hydrogen) atoms. The average Bonchev–Trinajstić information content (AvgIpc) is 3.14. The number of hydrogen-bond acceptors (Lipinski definition) is 15. The van der Waals surface area contributed by atoms with Crippen molar-refractivity contribution >= 4 is 17.7 Å². The Morgan fingerprint density at radius 1 is 0.778 bits per heavy atom. The fraction of sp³-hybridized carbons (Fsp3) is 0.763. The van der Waals surface area contributed by atoms with Crippen molar-refractivity contribution in [3.05, 3.63) is 29.3 Å². The molecule has 0 saturated carbocycles. The van der Waals surface area contributed by atoms with Crippen LogP contribution in [-0.2, 0) is 30.2 Å². The number of Topliss-reactive ketones (excluding diaryl/α,β-unsaturated/α-hetero) is 1. The number of ether oxygens (including phenoxy) is 3. The second-order valence-electron chi connectivity index (χ2n) is 14.2. The molecule has 10 atom stereocenters. The van der Waals surface area contributed by atoms with Crippen molar-refractivity contribution in [2.24, 2.45) is 0 Å². The molecule has 10 N–H and O–H groups in total. The van der Waals surface area contributed by atoms with E-state index in [4.69, 9.17) is 14.2 Å². The van der Waals surface area contributed by atoms with Gasteiger partial charge < -0.3 is 65.3 Å². The zero-order chi connectivity index (χ0) is 40.2. The summed E-state index contributed by atoms with van der Waals surface area (Å²) in [4.78, 5) is 36.1. The number of ketones is 1. The van der Waals surface area contributed by atoms with Crippen LogP contribution >= 0.6 is 0 Å². The lowest BCUT2D eigenvalue weighted by Gasteiger charge is -2.41. The van der Waals surface area contributed by atoms with Gasteiger partial charge in [0, 0.05) is 12.8 Å². The zero-order valence-electron chi connectivity index (χ0n) is 31.2. The summed E-state index contributed by atoms with van der Waals surface area (Å²) < 4.78 is 15.6. The Bertz CT molecular complexity index is 1240. The average molecular weight is 775 g/mol. The molecule has 1 aromatic carbocycles. The topological polar surface area (TPSA) is 281 Å². The van der Waals surface area contributed by atoms with Gasteiger partial charge in [-0.2, -0.15) is 0 Å². The highest BCUT2D eigenvalue weighted by molar-refractivity contribution is 5.94. The third-order valence-electron chi connectivity index (χ3n) is 9.75. The summed E-state index contributed by atoms with van der Waals surface area (Å²) in [5, 5.41) is 99.1. The molecule has 1 saturated heterocycles. The minimum Gasteiger partial charge on any atom is -0.507 e. The van der Waals surface area contributed by atoms with E-state index >= 15 is 0 Å². The van der Waals surface area contributed by atoms with E-state index in [9.17, 15) is 65.4 Å². The van der Waals surface area contributed by atoms with E-state index in [1.54, 1.807) is 13.0 Å². The van der Waals surface area contributed by atoms with Crippen LogP contribution < -0.4 is 0 Å². The SMILES string of the molecule is CC(CCCCCCCCCCCCCCCC(=O)Cc1cccc(O)c1C(=O)O)OC(=O)[C@@H](O)[C@@H](O)[C@H](O)[C@@H](CO)O[C@@H]1OC(CO)[C@@H](O)C(O)C1O. The van der Waals surface area contributed by atoms with E-state index in [1.807, 2.05) is 0 Å². The molecule has 0 aromatic heterocycles. The van der Waals surface area contributed by atoms with E-state index in [1.165, 1.54) is 12.1 Å². The maximum Gasteiger partial charge on any atom is 0.339 e. The summed E-state index contributed by atoms with van der Waals surface area (Å²) in [7, 11) is 0. The normalized spacial score (nSPS) is 22.9. The molecule has 0 amide bonds. The summed E-state index contributed by atoms with van der Waals surface area (Å²) in [5.41, 5.74) is 0.125. The van der Waals surface area contributed by atoms with Crippen molar-refractivity contribution in [3.63, 3.8) is 0 Å². The quantitative estimate of drug-likeness (QED) is 0.0424. The highest BCUT2D eigenvalue weighted by Crippen LogP contribution is 2.25. The lowest BCUT2D eigenvalue weighted by molar-refractivity contribution is -0.322. The van der Waals surface area contributed by atoms with Gasteiger partial charge in [-0.1, -0.05) is 82.8 Å². The van der Waals surface area contributed by atoms with Crippen LogP contribution in [0.15, 0.2) is 18.2 Å². The van der Waals surface area contributed by atoms with Gasteiger partial charge in [0.2, 0.25) is 0 Å². The molecule has 0 bridgehead atoms. The number of carboxylic acids is 1. The Hall–Kier alpha value is -2.77. The molecule has 0 spiro atoms. The second kappa shape index (κ2) is 25.4. The van der Waals surface area contributed by atoms with Crippen LogP contribution in [0, 0.1) is 0 Å². The van der Waals surface area contributed by atoms with E-state index < -0.39 is 86.4 Å². The first kappa shape index (κ1) is 47.4. The van der Waals surface area contributed by atoms with Gasteiger partial charge in [0.15, 0.2) is 12.4 Å². The van der Waals surface area contributed by atoms with Gasteiger partial charge in [-0.05, 0) is 37.8 Å². The van der Waals surface area contributed by atoms with Crippen LogP contribution in [0.5, 0.6) is 5.75 Å². The Morgan fingerprint density at radius 2 is 1.33 bits per heavy atom. The number of phenols is 1. The molecule has 0 radical (unpaired) electrons. The van der Waals surface area contributed by atoms with Crippen molar-refractivity contribution in [2.75, 3.05) is 13.2 Å². The van der Waals surface area contributed by atoms with Crippen molar-refractivity contribution in [2.45, 2.75) is 171 Å². The molecule has 16 nitrogen and oxygen atoms in total. The van der Waals surface area contributed by atoms with Gasteiger partial charge in [0.25, 0.3) is 0 Å². The van der Waals surface area contributed by atoms with Crippen molar-refractivity contribution in [1.29, 1.82) is 0 Å². The largest absolute Gasteiger partial charge is 0.507 e. The number of aliphatic hydroxyl groups is 8. The first-order valence-corrected chi connectivity index (χ1v) is 19.1. The molecule has 1 aliphatic heterocycles. The molecular formula is C38H62O16. The predicted molar refractivity (Wildman–Crippen MR) is 192 cm³/mol. The number of esters is 1. The van der Waals surface area contributed by atoms with Crippen LogP contribution in [0.3, 0.4) is 0 Å². The maximum atomic E-state index is 12.4. The molecule has 0 aliphatic carbocycles. The number of benzene rings is 1. The smallest absolute Gasteiger partial charge is 0.339 e. The van der Waals surface area contributed by atoms with Crippen LogP contribution in [0.25, 0.3) is 0 Å². The summed E-state index contributed by atoms with van der Waals surface area (Å²) in [6.07, 6.45) is -2.73. The third-order valence-corrected chi connectivity index (χ3v) is 9.75. The summed E-state index contributed by atoms with van der Waals surface area (Å²) in [6.45, 7) is -0.0543. The Labute approximate surface area is 316 Å². The summed E-state index contributed by atoms with van der Waals surface area (Å²) in [5.74, 6) is -2.80. The van der Waals surface area contributed by atoms with Gasteiger partial charge in [-0.25, -0.2) is 9.59 Å². The minimum atomic E-state index is -2.19. The highest BCUT2D eigenvalue weighted by Gasteiger charge is 2.46. The Morgan fingerprint density at radius 3 is 1.87 bits per heavy atom. The van der Waals surface area contributed by atoms with Crippen molar-refractivity contribution in [3.8, 4) is 5.75 Å². The lowest BCUT2D eigenvalue weighted by Crippen LogP contribution is -2.61.